The van der Waals surface area contributed by atoms with E-state index < -0.39 is 5.91 Å². The maximum Gasteiger partial charge on any atom is 0.258 e. The highest BCUT2D eigenvalue weighted by Crippen LogP contribution is 2.44. The molecule has 1 aliphatic rings. The lowest BCUT2D eigenvalue weighted by atomic mass is 9.84. The smallest absolute Gasteiger partial charge is 0.258 e. The summed E-state index contributed by atoms with van der Waals surface area (Å²) in [7, 11) is 0. The van der Waals surface area contributed by atoms with Crippen LogP contribution in [0.2, 0.25) is 0 Å². The Bertz CT molecular complexity index is 647. The summed E-state index contributed by atoms with van der Waals surface area (Å²) in [6, 6.07) is 6.71. The number of rotatable bonds is 1. The van der Waals surface area contributed by atoms with Crippen molar-refractivity contribution in [1.82, 2.24) is 0 Å². The van der Waals surface area contributed by atoms with Crippen molar-refractivity contribution in [3.8, 4) is 10.4 Å². The molecule has 0 aliphatic heterocycles. The predicted octanol–water partition coefficient (Wildman–Crippen LogP) is 3.31. The summed E-state index contributed by atoms with van der Waals surface area (Å²) in [5, 5.41) is 0. The van der Waals surface area contributed by atoms with E-state index in [1.54, 1.807) is 6.07 Å². The Morgan fingerprint density at radius 3 is 2.94 bits per heavy atom. The highest BCUT2D eigenvalue weighted by molar-refractivity contribution is 7.17. The summed E-state index contributed by atoms with van der Waals surface area (Å²) in [5.74, 6) is -0.328. The van der Waals surface area contributed by atoms with Crippen LogP contribution in [-0.2, 0) is 6.42 Å². The summed E-state index contributed by atoms with van der Waals surface area (Å²) in [4.78, 5) is 12.8. The molecule has 1 aliphatic carbocycles. The Kier molecular flexibility index (Phi) is 2.48. The molecule has 0 saturated heterocycles. The van der Waals surface area contributed by atoms with Crippen molar-refractivity contribution in [3.63, 3.8) is 0 Å². The van der Waals surface area contributed by atoms with E-state index >= 15 is 0 Å². The van der Waals surface area contributed by atoms with Crippen molar-refractivity contribution in [3.05, 3.63) is 46.1 Å². The van der Waals surface area contributed by atoms with Gasteiger partial charge in [0.2, 0.25) is 0 Å². The van der Waals surface area contributed by atoms with Crippen LogP contribution in [0.1, 0.15) is 33.6 Å². The van der Waals surface area contributed by atoms with E-state index in [2.05, 4.69) is 6.92 Å². The molecule has 0 saturated carbocycles. The van der Waals surface area contributed by atoms with Crippen LogP contribution in [0.4, 0.5) is 4.39 Å². The van der Waals surface area contributed by atoms with Gasteiger partial charge < -0.3 is 5.73 Å². The number of fused-ring (bicyclic) bond motifs is 3. The minimum Gasteiger partial charge on any atom is -0.365 e. The number of carbonyl (C=O) groups is 1. The SMILES string of the molecule is CC1Cc2cc(C(N)=O)sc2-c2cc(F)ccc21. The van der Waals surface area contributed by atoms with Crippen molar-refractivity contribution in [2.45, 2.75) is 19.3 Å². The lowest BCUT2D eigenvalue weighted by Crippen LogP contribution is -2.08. The van der Waals surface area contributed by atoms with Crippen LogP contribution in [0.5, 0.6) is 0 Å². The fourth-order valence-electron chi connectivity index (χ4n) is 2.52. The van der Waals surface area contributed by atoms with Crippen molar-refractivity contribution >= 4 is 17.2 Å². The second-order valence-corrected chi connectivity index (χ2v) is 5.72. The quantitative estimate of drug-likeness (QED) is 0.840. The van der Waals surface area contributed by atoms with Gasteiger partial charge >= 0.3 is 0 Å². The maximum atomic E-state index is 13.4. The van der Waals surface area contributed by atoms with Gasteiger partial charge in [0.1, 0.15) is 5.82 Å². The van der Waals surface area contributed by atoms with Gasteiger partial charge in [-0.2, -0.15) is 0 Å². The molecule has 1 aromatic carbocycles. The van der Waals surface area contributed by atoms with E-state index in [9.17, 15) is 9.18 Å². The van der Waals surface area contributed by atoms with Crippen LogP contribution in [0.3, 0.4) is 0 Å². The Hall–Kier alpha value is -1.68. The molecule has 1 amide bonds. The molecule has 0 radical (unpaired) electrons. The molecule has 0 bridgehead atoms. The van der Waals surface area contributed by atoms with Crippen LogP contribution in [0.25, 0.3) is 10.4 Å². The number of amides is 1. The van der Waals surface area contributed by atoms with Crippen molar-refractivity contribution < 1.29 is 9.18 Å². The van der Waals surface area contributed by atoms with Gasteiger partial charge in [0.25, 0.3) is 5.91 Å². The van der Waals surface area contributed by atoms with Gasteiger partial charge in [-0.15, -0.1) is 11.3 Å². The summed E-state index contributed by atoms with van der Waals surface area (Å²) in [6.45, 7) is 2.11. The summed E-state index contributed by atoms with van der Waals surface area (Å²) in [5.41, 5.74) is 8.45. The number of hydrogen-bond donors (Lipinski definition) is 1. The van der Waals surface area contributed by atoms with Crippen molar-refractivity contribution in [2.24, 2.45) is 5.73 Å². The average Bonchev–Trinajstić information content (AvgIpc) is 2.73. The van der Waals surface area contributed by atoms with E-state index in [1.165, 1.54) is 17.4 Å². The molecular formula is C14H12FNOS. The summed E-state index contributed by atoms with van der Waals surface area (Å²) >= 11 is 1.36. The zero-order valence-corrected chi connectivity index (χ0v) is 10.7. The number of nitrogens with two attached hydrogens (primary N) is 1. The van der Waals surface area contributed by atoms with Gasteiger partial charge in [-0.05, 0) is 47.2 Å². The van der Waals surface area contributed by atoms with E-state index in [4.69, 9.17) is 5.73 Å². The molecule has 1 heterocycles. The fraction of sp³-hybridized carbons (Fsp3) is 0.214. The van der Waals surface area contributed by atoms with E-state index in [0.29, 0.717) is 10.8 Å². The normalized spacial score (nSPS) is 17.1. The first-order valence-corrected chi connectivity index (χ1v) is 6.60. The average molecular weight is 261 g/mol. The highest BCUT2D eigenvalue weighted by Gasteiger charge is 2.25. The monoisotopic (exact) mass is 261 g/mol. The van der Waals surface area contributed by atoms with Crippen LogP contribution in [-0.4, -0.2) is 5.91 Å². The van der Waals surface area contributed by atoms with Gasteiger partial charge in [0.05, 0.1) is 4.88 Å². The minimum atomic E-state index is -0.417. The van der Waals surface area contributed by atoms with Crippen LogP contribution in [0, 0.1) is 5.82 Å². The number of carbonyl (C=O) groups excluding carboxylic acids is 1. The number of benzene rings is 1. The van der Waals surface area contributed by atoms with E-state index in [1.807, 2.05) is 12.1 Å². The Balaban J connectivity index is 2.24. The molecule has 2 aromatic rings. The molecule has 1 unspecified atom stereocenters. The molecular weight excluding hydrogens is 249 g/mol. The molecule has 1 aromatic heterocycles. The number of halogens is 1. The summed E-state index contributed by atoms with van der Waals surface area (Å²) < 4.78 is 13.4. The predicted molar refractivity (Wildman–Crippen MR) is 70.3 cm³/mol. The number of hydrogen-bond acceptors (Lipinski definition) is 2. The van der Waals surface area contributed by atoms with E-state index in [0.717, 1.165) is 28.0 Å². The lowest BCUT2D eigenvalue weighted by Gasteiger charge is -2.22. The Morgan fingerprint density at radius 1 is 1.44 bits per heavy atom. The molecule has 18 heavy (non-hydrogen) atoms. The van der Waals surface area contributed by atoms with Crippen LogP contribution >= 0.6 is 11.3 Å². The van der Waals surface area contributed by atoms with Crippen molar-refractivity contribution in [2.75, 3.05) is 0 Å². The molecule has 2 N–H and O–H groups in total. The van der Waals surface area contributed by atoms with Crippen molar-refractivity contribution in [1.29, 1.82) is 0 Å². The molecule has 2 nitrogen and oxygen atoms in total. The van der Waals surface area contributed by atoms with Crippen LogP contribution < -0.4 is 5.73 Å². The molecule has 3 rings (SSSR count). The Labute approximate surface area is 108 Å². The fourth-order valence-corrected chi connectivity index (χ4v) is 3.61. The first-order chi connectivity index (χ1) is 8.56. The van der Waals surface area contributed by atoms with Gasteiger partial charge in [0.15, 0.2) is 0 Å². The summed E-state index contributed by atoms with van der Waals surface area (Å²) in [6.07, 6.45) is 0.873. The Morgan fingerprint density at radius 2 is 2.22 bits per heavy atom. The second-order valence-electron chi connectivity index (χ2n) is 4.67. The number of thiophene rings is 1. The van der Waals surface area contributed by atoms with Crippen LogP contribution in [0.15, 0.2) is 24.3 Å². The van der Waals surface area contributed by atoms with Gasteiger partial charge in [-0.25, -0.2) is 4.39 Å². The lowest BCUT2D eigenvalue weighted by molar-refractivity contribution is 0.100. The largest absolute Gasteiger partial charge is 0.365 e. The third-order valence-corrected chi connectivity index (χ3v) is 4.59. The van der Waals surface area contributed by atoms with Gasteiger partial charge in [-0.3, -0.25) is 4.79 Å². The maximum absolute atomic E-state index is 13.4. The standard InChI is InChI=1S/C14H12FNOS/c1-7-4-8-5-12(14(16)17)18-13(8)11-6-9(15)2-3-10(7)11/h2-3,5-7H,4H2,1H3,(H2,16,17). The topological polar surface area (TPSA) is 43.1 Å². The molecule has 1 atom stereocenters. The molecule has 92 valence electrons. The highest BCUT2D eigenvalue weighted by atomic mass is 32.1. The zero-order valence-electron chi connectivity index (χ0n) is 9.87. The third-order valence-electron chi connectivity index (χ3n) is 3.37. The van der Waals surface area contributed by atoms with Gasteiger partial charge in [0, 0.05) is 4.88 Å². The number of primary amides is 1. The molecule has 4 heteroatoms. The first-order valence-electron chi connectivity index (χ1n) is 5.78. The minimum absolute atomic E-state index is 0.247. The molecule has 0 fully saturated rings. The molecule has 0 spiro atoms. The first kappa shape index (κ1) is 11.4. The third kappa shape index (κ3) is 1.64. The van der Waals surface area contributed by atoms with Gasteiger partial charge in [-0.1, -0.05) is 13.0 Å². The second kappa shape index (κ2) is 3.92. The zero-order chi connectivity index (χ0) is 12.9. The van der Waals surface area contributed by atoms with E-state index in [-0.39, 0.29) is 5.82 Å².